The summed E-state index contributed by atoms with van der Waals surface area (Å²) >= 11 is 0. The summed E-state index contributed by atoms with van der Waals surface area (Å²) in [6, 6.07) is 16.1. The molecule has 1 atom stereocenters. The van der Waals surface area contributed by atoms with Crippen LogP contribution in [0.2, 0.25) is 0 Å². The van der Waals surface area contributed by atoms with Gasteiger partial charge in [0.15, 0.2) is 0 Å². The largest absolute Gasteiger partial charge is 0.389 e. The van der Waals surface area contributed by atoms with Crippen molar-refractivity contribution in [2.75, 3.05) is 0 Å². The number of hydrogen-bond acceptors (Lipinski definition) is 3. The van der Waals surface area contributed by atoms with Gasteiger partial charge in [-0.15, -0.1) is 0 Å². The van der Waals surface area contributed by atoms with E-state index in [9.17, 15) is 9.90 Å². The van der Waals surface area contributed by atoms with E-state index in [1.807, 2.05) is 41.3 Å². The van der Waals surface area contributed by atoms with Crippen LogP contribution >= 0.6 is 0 Å². The normalized spacial score (nSPS) is 24.7. The number of nitrogens with zero attached hydrogens (tertiary/aromatic N) is 2. The molecule has 0 radical (unpaired) electrons. The number of amides is 1. The van der Waals surface area contributed by atoms with Crippen LogP contribution in [-0.2, 0) is 11.3 Å². The molecule has 32 heavy (non-hydrogen) atoms. The predicted molar refractivity (Wildman–Crippen MR) is 129 cm³/mol. The van der Waals surface area contributed by atoms with Gasteiger partial charge in [0.25, 0.3) is 5.91 Å². The number of rotatable bonds is 4. The van der Waals surface area contributed by atoms with Gasteiger partial charge in [-0.25, -0.2) is 0 Å². The number of aliphatic hydroxyl groups is 1. The Morgan fingerprint density at radius 2 is 1.78 bits per heavy atom. The topological polar surface area (TPSA) is 52.9 Å². The molecule has 1 spiro atoms. The Bertz CT molecular complexity index is 1010. The quantitative estimate of drug-likeness (QED) is 0.662. The fourth-order valence-corrected chi connectivity index (χ4v) is 5.24. The lowest BCUT2D eigenvalue weighted by Gasteiger charge is -2.44. The number of carbonyl (C=O) groups excluding carboxylic acids is 1. The Labute approximate surface area is 192 Å². The Hall–Kier alpha value is -2.46. The highest BCUT2D eigenvalue weighted by molar-refractivity contribution is 6.46. The zero-order chi connectivity index (χ0) is 23.1. The minimum atomic E-state index is -0.493. The summed E-state index contributed by atoms with van der Waals surface area (Å²) in [7, 11) is 0. The van der Waals surface area contributed by atoms with Gasteiger partial charge in [-0.3, -0.25) is 9.79 Å². The van der Waals surface area contributed by atoms with Gasteiger partial charge < -0.3 is 10.0 Å². The smallest absolute Gasteiger partial charge is 0.274 e. The van der Waals surface area contributed by atoms with Crippen LogP contribution in [0.3, 0.4) is 0 Å². The van der Waals surface area contributed by atoms with E-state index in [0.29, 0.717) is 18.2 Å². The molecule has 0 bridgehead atoms. The number of hydrogen-bond donors (Lipinski definition) is 1. The van der Waals surface area contributed by atoms with Crippen molar-refractivity contribution in [3.63, 3.8) is 0 Å². The lowest BCUT2D eigenvalue weighted by atomic mass is 9.69. The van der Waals surface area contributed by atoms with E-state index >= 15 is 0 Å². The molecule has 170 valence electrons. The number of aliphatic imine (C=N–C) groups is 1. The highest BCUT2D eigenvalue weighted by Gasteiger charge is 2.49. The van der Waals surface area contributed by atoms with Gasteiger partial charge in [0.2, 0.25) is 0 Å². The first-order valence-corrected chi connectivity index (χ1v) is 11.8. The molecule has 1 N–H and O–H groups in total. The third kappa shape index (κ3) is 4.38. The van der Waals surface area contributed by atoms with Crippen LogP contribution in [0.25, 0.3) is 0 Å². The molecule has 1 heterocycles. The third-order valence-corrected chi connectivity index (χ3v) is 7.38. The first-order chi connectivity index (χ1) is 15.1. The zero-order valence-electron chi connectivity index (χ0n) is 20.1. The van der Waals surface area contributed by atoms with Crippen molar-refractivity contribution in [3.05, 3.63) is 70.8 Å². The minimum absolute atomic E-state index is 0.0319. The molecular weight excluding hydrogens is 396 g/mol. The highest BCUT2D eigenvalue weighted by Crippen LogP contribution is 2.47. The molecule has 1 saturated carbocycles. The van der Waals surface area contributed by atoms with E-state index in [2.05, 4.69) is 39.8 Å². The average Bonchev–Trinajstić information content (AvgIpc) is 3.00. The lowest BCUT2D eigenvalue weighted by Crippen LogP contribution is -2.49. The minimum Gasteiger partial charge on any atom is -0.389 e. The van der Waals surface area contributed by atoms with E-state index in [1.165, 1.54) is 0 Å². The van der Waals surface area contributed by atoms with E-state index in [-0.39, 0.29) is 11.3 Å². The summed E-state index contributed by atoms with van der Waals surface area (Å²) in [4.78, 5) is 20.9. The van der Waals surface area contributed by atoms with E-state index < -0.39 is 11.8 Å². The monoisotopic (exact) mass is 432 g/mol. The lowest BCUT2D eigenvalue weighted by molar-refractivity contribution is -0.130. The molecule has 1 aliphatic heterocycles. The van der Waals surface area contributed by atoms with Crippen LogP contribution < -0.4 is 0 Å². The first kappa shape index (κ1) is 22.7. The first-order valence-electron chi connectivity index (χ1n) is 11.8. The second-order valence-electron chi connectivity index (χ2n) is 10.8. The molecule has 1 unspecified atom stereocenters. The molecule has 1 fully saturated rings. The maximum atomic E-state index is 13.7. The molecule has 0 saturated heterocycles. The van der Waals surface area contributed by atoms with Gasteiger partial charge in [-0.05, 0) is 68.1 Å². The molecule has 2 aromatic rings. The van der Waals surface area contributed by atoms with Gasteiger partial charge in [-0.2, -0.15) is 0 Å². The van der Waals surface area contributed by atoms with E-state index in [1.54, 1.807) is 6.92 Å². The van der Waals surface area contributed by atoms with Crippen molar-refractivity contribution in [2.24, 2.45) is 16.3 Å². The Balaban J connectivity index is 1.66. The zero-order valence-corrected chi connectivity index (χ0v) is 20.1. The highest BCUT2D eigenvalue weighted by atomic mass is 16.3. The van der Waals surface area contributed by atoms with Crippen molar-refractivity contribution in [2.45, 2.75) is 78.6 Å². The maximum Gasteiger partial charge on any atom is 0.274 e. The van der Waals surface area contributed by atoms with Gasteiger partial charge in [0.05, 0.1) is 6.10 Å². The van der Waals surface area contributed by atoms with Crippen molar-refractivity contribution >= 4 is 11.6 Å². The molecule has 4 nitrogen and oxygen atoms in total. The number of carbonyl (C=O) groups is 1. The van der Waals surface area contributed by atoms with E-state index in [0.717, 1.165) is 47.9 Å². The molecule has 0 aromatic heterocycles. The maximum absolute atomic E-state index is 13.7. The van der Waals surface area contributed by atoms with Gasteiger partial charge in [0.1, 0.15) is 11.4 Å². The average molecular weight is 433 g/mol. The van der Waals surface area contributed by atoms with Crippen molar-refractivity contribution in [1.82, 2.24) is 4.90 Å². The number of aryl methyl sites for hydroxylation is 1. The van der Waals surface area contributed by atoms with Crippen molar-refractivity contribution < 1.29 is 9.90 Å². The molecule has 4 rings (SSSR count). The second-order valence-corrected chi connectivity index (χ2v) is 10.8. The van der Waals surface area contributed by atoms with Gasteiger partial charge in [0, 0.05) is 12.1 Å². The van der Waals surface area contributed by atoms with Crippen LogP contribution in [-0.4, -0.2) is 27.3 Å². The summed E-state index contributed by atoms with van der Waals surface area (Å²) in [6.45, 7) is 11.3. The molecule has 2 aromatic carbocycles. The second kappa shape index (κ2) is 8.47. The summed E-state index contributed by atoms with van der Waals surface area (Å²) in [5, 5.41) is 9.83. The molecule has 2 aliphatic rings. The Kier molecular flexibility index (Phi) is 6.02. The Morgan fingerprint density at radius 3 is 2.34 bits per heavy atom. The van der Waals surface area contributed by atoms with Crippen molar-refractivity contribution in [1.29, 1.82) is 0 Å². The van der Waals surface area contributed by atoms with Gasteiger partial charge >= 0.3 is 0 Å². The molecular formula is C28H36N2O2. The molecule has 1 amide bonds. The summed E-state index contributed by atoms with van der Waals surface area (Å²) < 4.78 is 0. The van der Waals surface area contributed by atoms with Crippen molar-refractivity contribution in [3.8, 4) is 0 Å². The third-order valence-electron chi connectivity index (χ3n) is 7.38. The number of aliphatic hydroxyl groups excluding tert-OH is 1. The van der Waals surface area contributed by atoms with Crippen LogP contribution in [0.5, 0.6) is 0 Å². The van der Waals surface area contributed by atoms with Crippen LogP contribution in [0.4, 0.5) is 0 Å². The van der Waals surface area contributed by atoms with Crippen LogP contribution in [0.15, 0.2) is 53.5 Å². The molecule has 1 aliphatic carbocycles. The predicted octanol–water partition coefficient (Wildman–Crippen LogP) is 5.81. The Morgan fingerprint density at radius 1 is 1.12 bits per heavy atom. The fraction of sp³-hybridized carbons (Fsp3) is 0.500. The van der Waals surface area contributed by atoms with Crippen LogP contribution in [0.1, 0.15) is 81.7 Å². The standard InChI is InChI=1S/C28H36N2O2/c1-19-7-6-8-23(17-19)25-26(32)30(18-21-9-11-22(12-10-21)20(2)31)28(29-25)15-13-24(14-16-28)27(3,4)5/h6-12,17,20,24,31H,13-16,18H2,1-5H3. The summed E-state index contributed by atoms with van der Waals surface area (Å²) in [6.07, 6.45) is 3.48. The molecule has 4 heteroatoms. The number of benzene rings is 2. The SMILES string of the molecule is Cc1cccc(C2=NC3(CCC(C(C)(C)C)CC3)N(Cc3ccc(C(C)O)cc3)C2=O)c1. The van der Waals surface area contributed by atoms with Gasteiger partial charge in [-0.1, -0.05) is 68.8 Å². The van der Waals surface area contributed by atoms with Crippen LogP contribution in [0, 0.1) is 18.3 Å². The summed E-state index contributed by atoms with van der Waals surface area (Å²) in [5.41, 5.74) is 4.42. The summed E-state index contributed by atoms with van der Waals surface area (Å²) in [5.74, 6) is 0.679. The van der Waals surface area contributed by atoms with E-state index in [4.69, 9.17) is 4.99 Å². The fourth-order valence-electron chi connectivity index (χ4n) is 5.24.